The molecular weight excluding hydrogens is 292 g/mol. The van der Waals surface area contributed by atoms with Crippen molar-refractivity contribution in [1.82, 2.24) is 4.57 Å². The van der Waals surface area contributed by atoms with Gasteiger partial charge in [0.25, 0.3) is 0 Å². The van der Waals surface area contributed by atoms with Crippen molar-refractivity contribution in [3.8, 4) is 6.07 Å². The summed E-state index contributed by atoms with van der Waals surface area (Å²) in [6.07, 6.45) is 0. The molecule has 0 aliphatic rings. The topological polar surface area (TPSA) is 53.4 Å². The SMILES string of the molecule is C/C(=N\N=c1/sc2ccccc2n1C)c1ccc(C#N)cc1. The molecule has 108 valence electrons. The first kappa shape index (κ1) is 14.2. The van der Waals surface area contributed by atoms with E-state index in [4.69, 9.17) is 5.26 Å². The van der Waals surface area contributed by atoms with Gasteiger partial charge in [0.15, 0.2) is 0 Å². The Hall–Kier alpha value is -2.71. The number of thiazole rings is 1. The van der Waals surface area contributed by atoms with E-state index in [1.54, 1.807) is 23.5 Å². The Labute approximate surface area is 132 Å². The summed E-state index contributed by atoms with van der Waals surface area (Å²) in [5.74, 6) is 0. The molecule has 0 aliphatic carbocycles. The van der Waals surface area contributed by atoms with Crippen LogP contribution in [0.15, 0.2) is 58.7 Å². The van der Waals surface area contributed by atoms with E-state index in [0.717, 1.165) is 21.6 Å². The van der Waals surface area contributed by atoms with Crippen LogP contribution >= 0.6 is 11.3 Å². The van der Waals surface area contributed by atoms with Gasteiger partial charge in [-0.15, -0.1) is 5.10 Å². The molecule has 1 aromatic heterocycles. The molecule has 0 N–H and O–H groups in total. The number of nitrogens with zero attached hydrogens (tertiary/aromatic N) is 4. The predicted octanol–water partition coefficient (Wildman–Crippen LogP) is 3.44. The second-order valence-corrected chi connectivity index (χ2v) is 5.90. The second kappa shape index (κ2) is 5.96. The number of para-hydroxylation sites is 1. The van der Waals surface area contributed by atoms with Crippen molar-refractivity contribution in [2.75, 3.05) is 0 Å². The van der Waals surface area contributed by atoms with Crippen LogP contribution < -0.4 is 4.80 Å². The van der Waals surface area contributed by atoms with E-state index in [9.17, 15) is 0 Å². The number of hydrogen-bond acceptors (Lipinski definition) is 4. The zero-order chi connectivity index (χ0) is 15.5. The van der Waals surface area contributed by atoms with Crippen LogP contribution in [0.2, 0.25) is 0 Å². The van der Waals surface area contributed by atoms with Crippen molar-refractivity contribution < 1.29 is 0 Å². The predicted molar refractivity (Wildman–Crippen MR) is 89.7 cm³/mol. The van der Waals surface area contributed by atoms with Gasteiger partial charge in [-0.2, -0.15) is 10.4 Å². The Bertz CT molecular complexity index is 953. The lowest BCUT2D eigenvalue weighted by atomic mass is 10.1. The minimum Gasteiger partial charge on any atom is -0.318 e. The molecular formula is C17H14N4S. The van der Waals surface area contributed by atoms with Crippen molar-refractivity contribution in [3.05, 3.63) is 64.5 Å². The van der Waals surface area contributed by atoms with Gasteiger partial charge in [-0.1, -0.05) is 35.6 Å². The van der Waals surface area contributed by atoms with E-state index < -0.39 is 0 Å². The van der Waals surface area contributed by atoms with Crippen LogP contribution in [0.4, 0.5) is 0 Å². The Morgan fingerprint density at radius 3 is 2.55 bits per heavy atom. The molecule has 0 atom stereocenters. The van der Waals surface area contributed by atoms with Gasteiger partial charge >= 0.3 is 0 Å². The van der Waals surface area contributed by atoms with Gasteiger partial charge in [0.05, 0.1) is 27.6 Å². The normalized spacial score (nSPS) is 12.6. The van der Waals surface area contributed by atoms with E-state index in [-0.39, 0.29) is 0 Å². The van der Waals surface area contributed by atoms with Crippen LogP contribution in [0, 0.1) is 11.3 Å². The Morgan fingerprint density at radius 1 is 1.14 bits per heavy atom. The van der Waals surface area contributed by atoms with E-state index in [1.807, 2.05) is 42.8 Å². The first-order valence-electron chi connectivity index (χ1n) is 6.82. The Morgan fingerprint density at radius 2 is 1.86 bits per heavy atom. The lowest BCUT2D eigenvalue weighted by Crippen LogP contribution is -2.09. The summed E-state index contributed by atoms with van der Waals surface area (Å²) in [5.41, 5.74) is 3.58. The summed E-state index contributed by atoms with van der Waals surface area (Å²) in [4.78, 5) is 0.856. The fourth-order valence-electron chi connectivity index (χ4n) is 2.14. The molecule has 4 nitrogen and oxygen atoms in total. The molecule has 3 rings (SSSR count). The summed E-state index contributed by atoms with van der Waals surface area (Å²) in [6.45, 7) is 1.91. The molecule has 1 heterocycles. The van der Waals surface area contributed by atoms with Gasteiger partial charge < -0.3 is 4.57 Å². The van der Waals surface area contributed by atoms with Crippen LogP contribution in [-0.4, -0.2) is 10.3 Å². The largest absolute Gasteiger partial charge is 0.318 e. The molecule has 5 heteroatoms. The second-order valence-electron chi connectivity index (χ2n) is 4.89. The molecule has 0 spiro atoms. The molecule has 0 radical (unpaired) electrons. The quantitative estimate of drug-likeness (QED) is 0.528. The van der Waals surface area contributed by atoms with Crippen molar-refractivity contribution in [1.29, 1.82) is 5.26 Å². The third-order valence-corrected chi connectivity index (χ3v) is 4.54. The highest BCUT2D eigenvalue weighted by molar-refractivity contribution is 7.16. The number of rotatable bonds is 2. The third-order valence-electron chi connectivity index (χ3n) is 3.43. The fraction of sp³-hybridized carbons (Fsp3) is 0.118. The molecule has 0 amide bonds. The highest BCUT2D eigenvalue weighted by Crippen LogP contribution is 2.15. The number of aromatic nitrogens is 1. The smallest absolute Gasteiger partial charge is 0.211 e. The minimum atomic E-state index is 0.643. The van der Waals surface area contributed by atoms with Crippen LogP contribution in [-0.2, 0) is 7.05 Å². The Balaban J connectivity index is 1.99. The molecule has 3 aromatic rings. The highest BCUT2D eigenvalue weighted by Gasteiger charge is 2.01. The van der Waals surface area contributed by atoms with Crippen LogP contribution in [0.3, 0.4) is 0 Å². The van der Waals surface area contributed by atoms with E-state index in [0.29, 0.717) is 5.56 Å². The monoisotopic (exact) mass is 306 g/mol. The minimum absolute atomic E-state index is 0.643. The average Bonchev–Trinajstić information content (AvgIpc) is 2.89. The van der Waals surface area contributed by atoms with Crippen LogP contribution in [0.1, 0.15) is 18.1 Å². The molecule has 0 bridgehead atoms. The number of benzene rings is 2. The summed E-state index contributed by atoms with van der Waals surface area (Å²) >= 11 is 1.61. The lowest BCUT2D eigenvalue weighted by Gasteiger charge is -1.98. The molecule has 0 saturated carbocycles. The van der Waals surface area contributed by atoms with Gasteiger partial charge in [0.2, 0.25) is 4.80 Å². The number of nitriles is 1. The lowest BCUT2D eigenvalue weighted by molar-refractivity contribution is 0.888. The third kappa shape index (κ3) is 2.69. The average molecular weight is 306 g/mol. The van der Waals surface area contributed by atoms with Crippen LogP contribution in [0.5, 0.6) is 0 Å². The molecule has 0 aliphatic heterocycles. The molecule has 2 aromatic carbocycles. The van der Waals surface area contributed by atoms with Gasteiger partial charge in [-0.3, -0.25) is 0 Å². The zero-order valence-electron chi connectivity index (χ0n) is 12.3. The summed E-state index contributed by atoms with van der Waals surface area (Å²) < 4.78 is 3.23. The van der Waals surface area contributed by atoms with Crippen LogP contribution in [0.25, 0.3) is 10.2 Å². The molecule has 0 saturated heterocycles. The molecule has 0 unspecified atom stereocenters. The van der Waals surface area contributed by atoms with Crippen molar-refractivity contribution >= 4 is 27.3 Å². The van der Waals surface area contributed by atoms with Crippen molar-refractivity contribution in [2.45, 2.75) is 6.92 Å². The van der Waals surface area contributed by atoms with Gasteiger partial charge in [-0.25, -0.2) is 0 Å². The van der Waals surface area contributed by atoms with Crippen molar-refractivity contribution in [2.24, 2.45) is 17.3 Å². The maximum absolute atomic E-state index is 8.82. The van der Waals surface area contributed by atoms with E-state index >= 15 is 0 Å². The van der Waals surface area contributed by atoms with Gasteiger partial charge in [0, 0.05) is 7.05 Å². The standard InChI is InChI=1S/C17H14N4S/c1-12(14-9-7-13(11-18)8-10-14)19-20-17-21(2)15-5-3-4-6-16(15)22-17/h3-10H,1-2H3/b19-12+,20-17-. The summed E-state index contributed by atoms with van der Waals surface area (Å²) in [6, 6.07) is 17.6. The van der Waals surface area contributed by atoms with Gasteiger partial charge in [-0.05, 0) is 36.8 Å². The summed E-state index contributed by atoms with van der Waals surface area (Å²) in [5, 5.41) is 17.5. The van der Waals surface area contributed by atoms with E-state index in [2.05, 4.69) is 28.4 Å². The fourth-order valence-corrected chi connectivity index (χ4v) is 3.11. The maximum Gasteiger partial charge on any atom is 0.211 e. The van der Waals surface area contributed by atoms with Gasteiger partial charge in [0.1, 0.15) is 0 Å². The van der Waals surface area contributed by atoms with Crippen molar-refractivity contribution in [3.63, 3.8) is 0 Å². The van der Waals surface area contributed by atoms with E-state index in [1.165, 1.54) is 4.70 Å². The first-order chi connectivity index (χ1) is 10.7. The molecule has 0 fully saturated rings. The number of fused-ring (bicyclic) bond motifs is 1. The number of hydrogen-bond donors (Lipinski definition) is 0. The first-order valence-corrected chi connectivity index (χ1v) is 7.64. The maximum atomic E-state index is 8.82. The highest BCUT2D eigenvalue weighted by atomic mass is 32.1. The Kier molecular flexibility index (Phi) is 3.86. The zero-order valence-corrected chi connectivity index (χ0v) is 13.1. The number of aryl methyl sites for hydroxylation is 1. The molecule has 22 heavy (non-hydrogen) atoms. The summed E-state index contributed by atoms with van der Waals surface area (Å²) in [7, 11) is 1.99.